The third kappa shape index (κ3) is 2.27. The molecule has 0 saturated carbocycles. The number of rotatable bonds is 4. The molecule has 0 amide bonds. The molecule has 14 heavy (non-hydrogen) atoms. The van der Waals surface area contributed by atoms with Crippen molar-refractivity contribution in [3.8, 4) is 0 Å². The molecule has 0 nitrogen and oxygen atoms in total. The molecule has 0 fully saturated rings. The van der Waals surface area contributed by atoms with Crippen LogP contribution in [-0.4, -0.2) is 8.07 Å². The minimum Gasteiger partial charge on any atom is -0.0654 e. The highest BCUT2D eigenvalue weighted by molar-refractivity contribution is 6.91. The average molecular weight is 206 g/mol. The van der Waals surface area contributed by atoms with Crippen molar-refractivity contribution in [2.45, 2.75) is 45.3 Å². The Morgan fingerprint density at radius 3 is 1.93 bits per heavy atom. The van der Waals surface area contributed by atoms with Crippen LogP contribution >= 0.6 is 0 Å². The second-order valence-electron chi connectivity index (χ2n) is 4.60. The molecular formula is C13H22Si. The summed E-state index contributed by atoms with van der Waals surface area (Å²) < 4.78 is 0. The fourth-order valence-electron chi connectivity index (χ4n) is 2.41. The van der Waals surface area contributed by atoms with Gasteiger partial charge in [0.15, 0.2) is 0 Å². The monoisotopic (exact) mass is 206 g/mol. The van der Waals surface area contributed by atoms with E-state index in [1.54, 1.807) is 5.19 Å². The van der Waals surface area contributed by atoms with Crippen LogP contribution in [0.2, 0.25) is 18.6 Å². The van der Waals surface area contributed by atoms with Crippen LogP contribution in [0.1, 0.15) is 26.7 Å². The van der Waals surface area contributed by atoms with Crippen LogP contribution in [0.4, 0.5) is 0 Å². The van der Waals surface area contributed by atoms with Crippen LogP contribution in [0.25, 0.3) is 0 Å². The van der Waals surface area contributed by atoms with Gasteiger partial charge < -0.3 is 0 Å². The molecule has 1 rings (SSSR count). The van der Waals surface area contributed by atoms with E-state index in [1.165, 1.54) is 12.8 Å². The fraction of sp³-hybridized carbons (Fsp3) is 0.538. The Balaban J connectivity index is 2.94. The lowest BCUT2D eigenvalue weighted by atomic mass is 10.3. The van der Waals surface area contributed by atoms with Crippen molar-refractivity contribution in [2.75, 3.05) is 0 Å². The molecular weight excluding hydrogens is 184 g/mol. The minimum absolute atomic E-state index is 0.921. The first-order valence-electron chi connectivity index (χ1n) is 5.68. The molecule has 0 heterocycles. The van der Waals surface area contributed by atoms with E-state index >= 15 is 0 Å². The van der Waals surface area contributed by atoms with E-state index in [0.717, 1.165) is 5.54 Å². The zero-order valence-electron chi connectivity index (χ0n) is 9.88. The second-order valence-corrected chi connectivity index (χ2v) is 9.44. The predicted molar refractivity (Wildman–Crippen MR) is 67.9 cm³/mol. The van der Waals surface area contributed by atoms with Crippen LogP contribution in [0.5, 0.6) is 0 Å². The van der Waals surface area contributed by atoms with Gasteiger partial charge >= 0.3 is 0 Å². The number of benzene rings is 1. The van der Waals surface area contributed by atoms with Gasteiger partial charge in [-0.15, -0.1) is 0 Å². The molecule has 0 atom stereocenters. The van der Waals surface area contributed by atoms with Gasteiger partial charge in [-0.05, 0) is 5.54 Å². The first kappa shape index (κ1) is 11.5. The fourth-order valence-corrected chi connectivity index (χ4v) is 5.98. The molecule has 1 aromatic rings. The highest BCUT2D eigenvalue weighted by atomic mass is 28.3. The maximum atomic E-state index is 2.50. The van der Waals surface area contributed by atoms with Crippen molar-refractivity contribution in [3.63, 3.8) is 0 Å². The van der Waals surface area contributed by atoms with Gasteiger partial charge in [0.1, 0.15) is 0 Å². The SMILES string of the molecule is CCC(CC)[Si](C)(C)c1ccccc1. The molecule has 78 valence electrons. The van der Waals surface area contributed by atoms with E-state index < -0.39 is 8.07 Å². The van der Waals surface area contributed by atoms with E-state index in [-0.39, 0.29) is 0 Å². The van der Waals surface area contributed by atoms with Crippen LogP contribution in [0.3, 0.4) is 0 Å². The van der Waals surface area contributed by atoms with Gasteiger partial charge in [0, 0.05) is 0 Å². The van der Waals surface area contributed by atoms with Crippen LogP contribution in [0, 0.1) is 0 Å². The van der Waals surface area contributed by atoms with E-state index in [0.29, 0.717) is 0 Å². The molecule has 1 heteroatoms. The minimum atomic E-state index is -1.21. The molecule has 0 bridgehead atoms. The van der Waals surface area contributed by atoms with Crippen molar-refractivity contribution < 1.29 is 0 Å². The van der Waals surface area contributed by atoms with E-state index in [9.17, 15) is 0 Å². The molecule has 0 spiro atoms. The summed E-state index contributed by atoms with van der Waals surface area (Å²) in [5.74, 6) is 0. The van der Waals surface area contributed by atoms with Crippen LogP contribution < -0.4 is 5.19 Å². The van der Waals surface area contributed by atoms with Crippen molar-refractivity contribution in [1.82, 2.24) is 0 Å². The molecule has 0 unspecified atom stereocenters. The molecule has 0 radical (unpaired) electrons. The first-order valence-corrected chi connectivity index (χ1v) is 8.76. The Bertz CT molecular complexity index is 260. The molecule has 0 aliphatic carbocycles. The molecule has 0 N–H and O–H groups in total. The Hall–Kier alpha value is -0.563. The van der Waals surface area contributed by atoms with Gasteiger partial charge in [0.2, 0.25) is 0 Å². The van der Waals surface area contributed by atoms with Crippen LogP contribution in [-0.2, 0) is 0 Å². The molecule has 0 saturated heterocycles. The van der Waals surface area contributed by atoms with E-state index in [2.05, 4.69) is 57.3 Å². The third-order valence-electron chi connectivity index (χ3n) is 3.52. The summed E-state index contributed by atoms with van der Waals surface area (Å²) in [6.45, 7) is 9.65. The largest absolute Gasteiger partial charge is 0.0836 e. The summed E-state index contributed by atoms with van der Waals surface area (Å²) in [7, 11) is -1.21. The smallest absolute Gasteiger partial charge is 0.0654 e. The Morgan fingerprint density at radius 1 is 1.00 bits per heavy atom. The van der Waals surface area contributed by atoms with E-state index in [4.69, 9.17) is 0 Å². The summed E-state index contributed by atoms with van der Waals surface area (Å²) in [6, 6.07) is 11.1. The predicted octanol–water partition coefficient (Wildman–Crippen LogP) is 3.79. The zero-order valence-corrected chi connectivity index (χ0v) is 10.9. The lowest BCUT2D eigenvalue weighted by molar-refractivity contribution is 0.742. The first-order chi connectivity index (χ1) is 6.62. The van der Waals surface area contributed by atoms with Gasteiger partial charge in [-0.2, -0.15) is 0 Å². The standard InChI is InChI=1S/C13H22Si/c1-5-12(6-2)14(3,4)13-10-8-7-9-11-13/h7-12H,5-6H2,1-4H3. The normalized spacial score (nSPS) is 12.1. The topological polar surface area (TPSA) is 0 Å². The maximum Gasteiger partial charge on any atom is 0.0836 e. The second kappa shape index (κ2) is 4.79. The number of hydrogen-bond acceptors (Lipinski definition) is 0. The highest BCUT2D eigenvalue weighted by Gasteiger charge is 2.30. The molecule has 0 aromatic heterocycles. The highest BCUT2D eigenvalue weighted by Crippen LogP contribution is 2.28. The molecule has 1 aromatic carbocycles. The molecule has 0 aliphatic heterocycles. The lowest BCUT2D eigenvalue weighted by Gasteiger charge is -2.31. The Kier molecular flexibility index (Phi) is 3.94. The number of hydrogen-bond donors (Lipinski definition) is 0. The quantitative estimate of drug-likeness (QED) is 0.658. The zero-order chi connectivity index (χ0) is 10.6. The van der Waals surface area contributed by atoms with Gasteiger partial charge in [0.25, 0.3) is 0 Å². The summed E-state index contributed by atoms with van der Waals surface area (Å²) in [5.41, 5.74) is 0.921. The summed E-state index contributed by atoms with van der Waals surface area (Å²) in [6.07, 6.45) is 2.65. The summed E-state index contributed by atoms with van der Waals surface area (Å²) in [4.78, 5) is 0. The third-order valence-corrected chi connectivity index (χ3v) is 8.20. The van der Waals surface area contributed by atoms with Crippen molar-refractivity contribution in [3.05, 3.63) is 30.3 Å². The summed E-state index contributed by atoms with van der Waals surface area (Å²) in [5, 5.41) is 1.61. The van der Waals surface area contributed by atoms with Gasteiger partial charge in [-0.1, -0.05) is 75.3 Å². The summed E-state index contributed by atoms with van der Waals surface area (Å²) >= 11 is 0. The maximum absolute atomic E-state index is 2.50. The lowest BCUT2D eigenvalue weighted by Crippen LogP contribution is -2.45. The Labute approximate surface area is 89.4 Å². The average Bonchev–Trinajstić information content (AvgIpc) is 2.20. The van der Waals surface area contributed by atoms with Crippen molar-refractivity contribution in [2.24, 2.45) is 0 Å². The van der Waals surface area contributed by atoms with Crippen LogP contribution in [0.15, 0.2) is 30.3 Å². The molecule has 0 aliphatic rings. The van der Waals surface area contributed by atoms with Gasteiger partial charge in [0.05, 0.1) is 8.07 Å². The van der Waals surface area contributed by atoms with E-state index in [1.807, 2.05) is 0 Å². The van der Waals surface area contributed by atoms with Gasteiger partial charge in [-0.3, -0.25) is 0 Å². The van der Waals surface area contributed by atoms with Crippen molar-refractivity contribution in [1.29, 1.82) is 0 Å². The Morgan fingerprint density at radius 2 is 1.50 bits per heavy atom. The van der Waals surface area contributed by atoms with Gasteiger partial charge in [-0.25, -0.2) is 0 Å². The van der Waals surface area contributed by atoms with Crippen molar-refractivity contribution >= 4 is 13.3 Å².